The van der Waals surface area contributed by atoms with E-state index in [1.54, 1.807) is 6.07 Å². The minimum absolute atomic E-state index is 0.000500. The van der Waals surface area contributed by atoms with Crippen LogP contribution in [0.1, 0.15) is 10.4 Å². The van der Waals surface area contributed by atoms with Gasteiger partial charge in [0.05, 0.1) is 17.8 Å². The van der Waals surface area contributed by atoms with Crippen LogP contribution in [0.4, 0.5) is 11.5 Å². The molecular formula is C13H12ClN3O3S. The first-order chi connectivity index (χ1) is 10.0. The molecule has 0 radical (unpaired) electrons. The molecule has 21 heavy (non-hydrogen) atoms. The Morgan fingerprint density at radius 1 is 1.38 bits per heavy atom. The highest BCUT2D eigenvalue weighted by atomic mass is 35.5. The largest absolute Gasteiger partial charge is 0.496 e. The van der Waals surface area contributed by atoms with Gasteiger partial charge in [-0.15, -0.1) is 11.8 Å². The molecule has 0 saturated heterocycles. The topological polar surface area (TPSA) is 84.3 Å². The quantitative estimate of drug-likeness (QED) is 0.644. The lowest BCUT2D eigenvalue weighted by Gasteiger charge is -2.12. The number of methoxy groups -OCH3 is 1. The fourth-order valence-corrected chi connectivity index (χ4v) is 2.24. The Hall–Kier alpha value is -1.99. The lowest BCUT2D eigenvalue weighted by Crippen LogP contribution is -2.03. The van der Waals surface area contributed by atoms with Crippen molar-refractivity contribution in [3.05, 3.63) is 35.1 Å². The third-order valence-corrected chi connectivity index (χ3v) is 3.59. The van der Waals surface area contributed by atoms with Gasteiger partial charge in [-0.2, -0.15) is 0 Å². The van der Waals surface area contributed by atoms with Gasteiger partial charge >= 0.3 is 5.97 Å². The number of anilines is 2. The Labute approximate surface area is 130 Å². The van der Waals surface area contributed by atoms with Crippen LogP contribution >= 0.6 is 23.4 Å². The Kier molecular flexibility index (Phi) is 4.87. The molecule has 0 aliphatic heterocycles. The molecule has 0 aliphatic rings. The van der Waals surface area contributed by atoms with Crippen molar-refractivity contribution < 1.29 is 14.6 Å². The average molecular weight is 326 g/mol. The summed E-state index contributed by atoms with van der Waals surface area (Å²) in [4.78, 5) is 19.3. The minimum atomic E-state index is -1.10. The number of benzene rings is 1. The van der Waals surface area contributed by atoms with Gasteiger partial charge in [0, 0.05) is 12.1 Å². The third kappa shape index (κ3) is 3.56. The van der Waals surface area contributed by atoms with Gasteiger partial charge < -0.3 is 15.2 Å². The number of carbonyl (C=O) groups is 1. The van der Waals surface area contributed by atoms with Crippen LogP contribution in [-0.2, 0) is 0 Å². The maximum Gasteiger partial charge on any atom is 0.339 e. The number of hydrogen-bond donors (Lipinski definition) is 2. The van der Waals surface area contributed by atoms with E-state index in [1.807, 2.05) is 6.26 Å². The summed E-state index contributed by atoms with van der Waals surface area (Å²) in [6.45, 7) is 0. The number of nitrogens with one attached hydrogen (secondary N) is 1. The van der Waals surface area contributed by atoms with Crippen LogP contribution in [0.15, 0.2) is 29.6 Å². The molecule has 6 nitrogen and oxygen atoms in total. The SMILES string of the molecule is COc1cc(Nc2cc(SC)ncn2)c(Cl)cc1C(=O)O. The van der Waals surface area contributed by atoms with E-state index in [1.165, 1.54) is 37.3 Å². The number of nitrogens with zero attached hydrogens (tertiary/aromatic N) is 2. The molecule has 0 spiro atoms. The second kappa shape index (κ2) is 6.64. The summed E-state index contributed by atoms with van der Waals surface area (Å²) in [5.41, 5.74) is 0.504. The van der Waals surface area contributed by atoms with Crippen LogP contribution in [0.5, 0.6) is 5.75 Å². The molecule has 1 heterocycles. The van der Waals surface area contributed by atoms with Crippen LogP contribution in [0, 0.1) is 0 Å². The summed E-state index contributed by atoms with van der Waals surface area (Å²) < 4.78 is 5.07. The van der Waals surface area contributed by atoms with Gasteiger partial charge in [0.25, 0.3) is 0 Å². The number of halogens is 1. The zero-order chi connectivity index (χ0) is 15.4. The molecule has 0 bridgehead atoms. The van der Waals surface area contributed by atoms with Gasteiger partial charge in [-0.3, -0.25) is 0 Å². The molecule has 1 aromatic heterocycles. The Balaban J connectivity index is 2.37. The van der Waals surface area contributed by atoms with Crippen LogP contribution in [0.25, 0.3) is 0 Å². The lowest BCUT2D eigenvalue weighted by molar-refractivity contribution is 0.0693. The third-order valence-electron chi connectivity index (χ3n) is 2.63. The van der Waals surface area contributed by atoms with E-state index in [4.69, 9.17) is 21.4 Å². The predicted octanol–water partition coefficient (Wildman–Crippen LogP) is 3.30. The van der Waals surface area contributed by atoms with Gasteiger partial charge in [0.1, 0.15) is 28.5 Å². The highest BCUT2D eigenvalue weighted by Crippen LogP contribution is 2.32. The Morgan fingerprint density at radius 2 is 2.14 bits per heavy atom. The van der Waals surface area contributed by atoms with Crippen molar-refractivity contribution in [1.82, 2.24) is 9.97 Å². The van der Waals surface area contributed by atoms with Gasteiger partial charge in [-0.05, 0) is 12.3 Å². The number of aromatic nitrogens is 2. The molecule has 2 N–H and O–H groups in total. The van der Waals surface area contributed by atoms with Crippen LogP contribution in [0.2, 0.25) is 5.02 Å². The Morgan fingerprint density at radius 3 is 2.76 bits per heavy atom. The van der Waals surface area contributed by atoms with Crippen molar-refractivity contribution in [2.45, 2.75) is 5.03 Å². The lowest BCUT2D eigenvalue weighted by atomic mass is 10.2. The van der Waals surface area contributed by atoms with E-state index in [9.17, 15) is 4.79 Å². The average Bonchev–Trinajstić information content (AvgIpc) is 2.49. The van der Waals surface area contributed by atoms with Crippen LogP contribution in [-0.4, -0.2) is 34.4 Å². The van der Waals surface area contributed by atoms with Crippen molar-refractivity contribution in [3.63, 3.8) is 0 Å². The maximum absolute atomic E-state index is 11.1. The molecule has 8 heteroatoms. The zero-order valence-electron chi connectivity index (χ0n) is 11.3. The fraction of sp³-hybridized carbons (Fsp3) is 0.154. The zero-order valence-corrected chi connectivity index (χ0v) is 12.8. The number of hydrogen-bond acceptors (Lipinski definition) is 6. The first-order valence-electron chi connectivity index (χ1n) is 5.79. The van der Waals surface area contributed by atoms with E-state index in [2.05, 4.69) is 15.3 Å². The van der Waals surface area contributed by atoms with Crippen LogP contribution in [0.3, 0.4) is 0 Å². The van der Waals surface area contributed by atoms with E-state index in [0.29, 0.717) is 11.5 Å². The summed E-state index contributed by atoms with van der Waals surface area (Å²) in [5, 5.41) is 13.2. The molecule has 0 unspecified atom stereocenters. The van der Waals surface area contributed by atoms with Gasteiger partial charge in [-0.25, -0.2) is 14.8 Å². The number of ether oxygens (including phenoxy) is 1. The molecule has 2 rings (SSSR count). The maximum atomic E-state index is 11.1. The molecular weight excluding hydrogens is 314 g/mol. The molecule has 0 aliphatic carbocycles. The molecule has 1 aromatic carbocycles. The molecule has 0 fully saturated rings. The minimum Gasteiger partial charge on any atom is -0.496 e. The van der Waals surface area contributed by atoms with Crippen molar-refractivity contribution in [2.24, 2.45) is 0 Å². The molecule has 2 aromatic rings. The number of carboxylic acids is 1. The summed E-state index contributed by atoms with van der Waals surface area (Å²) >= 11 is 7.58. The standard InChI is InChI=1S/C13H12ClN3O3S/c1-20-10-4-9(8(14)3-7(10)13(18)19)17-11-5-12(21-2)16-6-15-11/h3-6H,1-2H3,(H,18,19)(H,15,16,17). The summed E-state index contributed by atoms with van der Waals surface area (Å²) in [5.74, 6) is -0.332. The van der Waals surface area contributed by atoms with Gasteiger partial charge in [-0.1, -0.05) is 11.6 Å². The molecule has 0 atom stereocenters. The number of aromatic carboxylic acids is 1. The monoisotopic (exact) mass is 325 g/mol. The van der Waals surface area contributed by atoms with E-state index in [0.717, 1.165) is 5.03 Å². The second-order valence-corrected chi connectivity index (χ2v) is 5.14. The smallest absolute Gasteiger partial charge is 0.339 e. The number of carboxylic acid groups (broad SMARTS) is 1. The number of rotatable bonds is 5. The van der Waals surface area contributed by atoms with Crippen molar-refractivity contribution in [1.29, 1.82) is 0 Å². The molecule has 110 valence electrons. The Bertz CT molecular complexity index is 682. The van der Waals surface area contributed by atoms with E-state index < -0.39 is 5.97 Å². The van der Waals surface area contributed by atoms with Crippen molar-refractivity contribution >= 4 is 40.8 Å². The van der Waals surface area contributed by atoms with Gasteiger partial charge in [0.15, 0.2) is 0 Å². The second-order valence-electron chi connectivity index (χ2n) is 3.91. The summed E-state index contributed by atoms with van der Waals surface area (Å²) in [7, 11) is 1.40. The number of thioether (sulfide) groups is 1. The first-order valence-corrected chi connectivity index (χ1v) is 7.39. The molecule has 0 saturated carbocycles. The summed E-state index contributed by atoms with van der Waals surface area (Å²) in [6.07, 6.45) is 3.34. The highest BCUT2D eigenvalue weighted by molar-refractivity contribution is 7.98. The van der Waals surface area contributed by atoms with Crippen molar-refractivity contribution in [2.75, 3.05) is 18.7 Å². The fourth-order valence-electron chi connectivity index (χ4n) is 1.64. The van der Waals surface area contributed by atoms with E-state index >= 15 is 0 Å². The van der Waals surface area contributed by atoms with Crippen molar-refractivity contribution in [3.8, 4) is 5.75 Å². The molecule has 0 amide bonds. The van der Waals surface area contributed by atoms with Gasteiger partial charge in [0.2, 0.25) is 0 Å². The predicted molar refractivity (Wildman–Crippen MR) is 82.1 cm³/mol. The summed E-state index contributed by atoms with van der Waals surface area (Å²) in [6, 6.07) is 4.62. The first kappa shape index (κ1) is 15.4. The highest BCUT2D eigenvalue weighted by Gasteiger charge is 2.15. The van der Waals surface area contributed by atoms with Crippen LogP contribution < -0.4 is 10.1 Å². The van der Waals surface area contributed by atoms with E-state index in [-0.39, 0.29) is 16.3 Å². The normalized spacial score (nSPS) is 10.2.